The van der Waals surface area contributed by atoms with Gasteiger partial charge in [0.05, 0.1) is 25.4 Å². The molecule has 1 amide bonds. The molecule has 0 aromatic rings. The predicted octanol–water partition coefficient (Wildman–Crippen LogP) is 23.3. The summed E-state index contributed by atoms with van der Waals surface area (Å²) >= 11 is 0. The van der Waals surface area contributed by atoms with Gasteiger partial charge < -0.3 is 20.3 Å². The standard InChI is InChI=1S/C73H141NO5/c1-3-5-7-9-11-13-15-17-19-21-23-24-25-26-27-30-33-37-41-45-49-53-57-61-65-71(76)70(69-75)74-72(77)66-62-58-54-50-46-42-38-34-31-28-32-36-40-44-48-52-56-60-64-68-79-73(78)67-63-59-55-51-47-43-39-35-29-22-20-18-16-14-12-10-8-6-4-2/h18,20,28,31,70-71,75-76H,3-17,19,21-27,29-30,32-69H2,1-2H3,(H,74,77)/b20-18-,31-28-. The Labute approximate surface area is 494 Å². The van der Waals surface area contributed by atoms with Crippen LogP contribution in [-0.2, 0) is 14.3 Å². The van der Waals surface area contributed by atoms with Crippen LogP contribution >= 0.6 is 0 Å². The molecule has 0 radical (unpaired) electrons. The fraction of sp³-hybridized carbons (Fsp3) is 0.918. The van der Waals surface area contributed by atoms with Crippen molar-refractivity contribution in [1.29, 1.82) is 0 Å². The lowest BCUT2D eigenvalue weighted by Gasteiger charge is -2.22. The lowest BCUT2D eigenvalue weighted by Crippen LogP contribution is -2.45. The molecule has 2 unspecified atom stereocenters. The lowest BCUT2D eigenvalue weighted by molar-refractivity contribution is -0.143. The van der Waals surface area contributed by atoms with E-state index < -0.39 is 12.1 Å². The highest BCUT2D eigenvalue weighted by molar-refractivity contribution is 5.76. The Morgan fingerprint density at radius 2 is 0.595 bits per heavy atom. The van der Waals surface area contributed by atoms with Crippen LogP contribution in [0.2, 0.25) is 0 Å². The molecule has 79 heavy (non-hydrogen) atoms. The number of aliphatic hydroxyl groups is 2. The first-order chi connectivity index (χ1) is 39.0. The van der Waals surface area contributed by atoms with E-state index in [1.165, 1.54) is 327 Å². The third-order valence-corrected chi connectivity index (χ3v) is 17.0. The van der Waals surface area contributed by atoms with Crippen LogP contribution in [0.5, 0.6) is 0 Å². The Morgan fingerprint density at radius 1 is 0.342 bits per heavy atom. The summed E-state index contributed by atoms with van der Waals surface area (Å²) in [7, 11) is 0. The molecule has 0 saturated heterocycles. The molecular formula is C73H141NO5. The van der Waals surface area contributed by atoms with E-state index in [4.69, 9.17) is 4.74 Å². The molecule has 3 N–H and O–H groups in total. The minimum atomic E-state index is -0.672. The highest BCUT2D eigenvalue weighted by Gasteiger charge is 2.20. The molecule has 0 aromatic carbocycles. The number of rotatable bonds is 68. The Bertz CT molecular complexity index is 1230. The minimum absolute atomic E-state index is 0.00479. The van der Waals surface area contributed by atoms with Gasteiger partial charge in [0.1, 0.15) is 0 Å². The fourth-order valence-corrected chi connectivity index (χ4v) is 11.5. The van der Waals surface area contributed by atoms with Crippen LogP contribution in [0.3, 0.4) is 0 Å². The third kappa shape index (κ3) is 65.4. The number of ether oxygens (including phenoxy) is 1. The first-order valence-corrected chi connectivity index (χ1v) is 36.1. The average Bonchev–Trinajstić information content (AvgIpc) is 3.45. The summed E-state index contributed by atoms with van der Waals surface area (Å²) in [5.74, 6) is -0.0351. The van der Waals surface area contributed by atoms with Crippen molar-refractivity contribution in [2.45, 2.75) is 418 Å². The van der Waals surface area contributed by atoms with Gasteiger partial charge in [-0.25, -0.2) is 0 Å². The van der Waals surface area contributed by atoms with Crippen molar-refractivity contribution in [2.24, 2.45) is 0 Å². The van der Waals surface area contributed by atoms with Crippen LogP contribution in [0.4, 0.5) is 0 Å². The molecule has 2 atom stereocenters. The van der Waals surface area contributed by atoms with Gasteiger partial charge in [-0.2, -0.15) is 0 Å². The number of unbranched alkanes of at least 4 members (excludes halogenated alkanes) is 53. The Hall–Kier alpha value is -1.66. The quantitative estimate of drug-likeness (QED) is 0.0320. The van der Waals surface area contributed by atoms with Crippen molar-refractivity contribution < 1.29 is 24.5 Å². The van der Waals surface area contributed by atoms with Crippen LogP contribution < -0.4 is 5.32 Å². The van der Waals surface area contributed by atoms with Crippen molar-refractivity contribution >= 4 is 11.9 Å². The van der Waals surface area contributed by atoms with Crippen molar-refractivity contribution in [2.75, 3.05) is 13.2 Å². The smallest absolute Gasteiger partial charge is 0.305 e. The zero-order valence-electron chi connectivity index (χ0n) is 53.6. The van der Waals surface area contributed by atoms with Crippen LogP contribution in [0.25, 0.3) is 0 Å². The molecule has 0 aliphatic carbocycles. The lowest BCUT2D eigenvalue weighted by atomic mass is 10.0. The second kappa shape index (κ2) is 68.8. The molecule has 0 aromatic heterocycles. The van der Waals surface area contributed by atoms with Crippen LogP contribution in [0, 0.1) is 0 Å². The van der Waals surface area contributed by atoms with Crippen molar-refractivity contribution in [1.82, 2.24) is 5.32 Å². The molecule has 0 fully saturated rings. The second-order valence-corrected chi connectivity index (χ2v) is 24.9. The summed E-state index contributed by atoms with van der Waals surface area (Å²) in [5.41, 5.74) is 0. The molecule has 6 nitrogen and oxygen atoms in total. The first kappa shape index (κ1) is 77.3. The topological polar surface area (TPSA) is 95.9 Å². The summed E-state index contributed by atoms with van der Waals surface area (Å²) in [6.07, 6.45) is 86.5. The fourth-order valence-electron chi connectivity index (χ4n) is 11.5. The number of aliphatic hydroxyl groups excluding tert-OH is 2. The largest absolute Gasteiger partial charge is 0.466 e. The molecule has 0 aliphatic heterocycles. The highest BCUT2D eigenvalue weighted by atomic mass is 16.5. The summed E-state index contributed by atoms with van der Waals surface area (Å²) in [6, 6.07) is -0.550. The Balaban J connectivity index is 3.42. The van der Waals surface area contributed by atoms with Crippen molar-refractivity contribution in [3.05, 3.63) is 24.3 Å². The number of hydrogen-bond donors (Lipinski definition) is 3. The second-order valence-electron chi connectivity index (χ2n) is 24.9. The van der Waals surface area contributed by atoms with Gasteiger partial charge in [0.25, 0.3) is 0 Å². The number of esters is 1. The van der Waals surface area contributed by atoms with Gasteiger partial charge >= 0.3 is 5.97 Å². The van der Waals surface area contributed by atoms with E-state index in [1.807, 2.05) is 0 Å². The highest BCUT2D eigenvalue weighted by Crippen LogP contribution is 2.19. The number of allylic oxidation sites excluding steroid dienone is 4. The van der Waals surface area contributed by atoms with E-state index in [-0.39, 0.29) is 18.5 Å². The molecule has 0 spiro atoms. The zero-order chi connectivity index (χ0) is 57.1. The van der Waals surface area contributed by atoms with E-state index in [9.17, 15) is 19.8 Å². The van der Waals surface area contributed by atoms with Gasteiger partial charge in [-0.3, -0.25) is 9.59 Å². The normalized spacial score (nSPS) is 12.6. The molecule has 0 saturated carbocycles. The molecule has 6 heteroatoms. The van der Waals surface area contributed by atoms with Gasteiger partial charge in [-0.15, -0.1) is 0 Å². The van der Waals surface area contributed by atoms with E-state index >= 15 is 0 Å². The van der Waals surface area contributed by atoms with Crippen LogP contribution in [-0.4, -0.2) is 47.4 Å². The van der Waals surface area contributed by atoms with Crippen LogP contribution in [0.1, 0.15) is 406 Å². The van der Waals surface area contributed by atoms with Crippen LogP contribution in [0.15, 0.2) is 24.3 Å². The third-order valence-electron chi connectivity index (χ3n) is 17.0. The Kier molecular flexibility index (Phi) is 67.4. The van der Waals surface area contributed by atoms with Gasteiger partial charge in [0.2, 0.25) is 5.91 Å². The monoisotopic (exact) mass is 1110 g/mol. The average molecular weight is 1110 g/mol. The maximum atomic E-state index is 12.6. The van der Waals surface area contributed by atoms with Crippen molar-refractivity contribution in [3.8, 4) is 0 Å². The molecule has 0 bridgehead atoms. The zero-order valence-corrected chi connectivity index (χ0v) is 53.6. The van der Waals surface area contributed by atoms with E-state index in [1.54, 1.807) is 0 Å². The molecular weight excluding hydrogens is 971 g/mol. The number of carbonyl (C=O) groups is 2. The van der Waals surface area contributed by atoms with Crippen molar-refractivity contribution in [3.63, 3.8) is 0 Å². The SMILES string of the molecule is CCCCCCCC/C=C\CCCCCCCCCCCC(=O)OCCCCCCCCCC/C=C\CCCCCCCCCC(=O)NC(CO)C(O)CCCCCCCCCCCCCCCCCCCCCCCCCC. The molecule has 0 rings (SSSR count). The van der Waals surface area contributed by atoms with Gasteiger partial charge in [-0.1, -0.05) is 340 Å². The number of amides is 1. The summed E-state index contributed by atoms with van der Waals surface area (Å²) in [4.78, 5) is 24.7. The van der Waals surface area contributed by atoms with Gasteiger partial charge in [0, 0.05) is 12.8 Å². The van der Waals surface area contributed by atoms with Gasteiger partial charge in [-0.05, 0) is 77.0 Å². The first-order valence-electron chi connectivity index (χ1n) is 36.1. The van der Waals surface area contributed by atoms with E-state index in [0.29, 0.717) is 25.9 Å². The van der Waals surface area contributed by atoms with E-state index in [2.05, 4.69) is 43.5 Å². The minimum Gasteiger partial charge on any atom is -0.466 e. The molecule has 0 aliphatic rings. The number of hydrogen-bond acceptors (Lipinski definition) is 5. The molecule has 468 valence electrons. The maximum absolute atomic E-state index is 12.6. The summed E-state index contributed by atoms with van der Waals surface area (Å²) in [6.45, 7) is 4.98. The summed E-state index contributed by atoms with van der Waals surface area (Å²) < 4.78 is 5.50. The Morgan fingerprint density at radius 3 is 0.899 bits per heavy atom. The number of carbonyl (C=O) groups excluding carboxylic acids is 2. The van der Waals surface area contributed by atoms with Gasteiger partial charge in [0.15, 0.2) is 0 Å². The molecule has 0 heterocycles. The number of nitrogens with one attached hydrogen (secondary N) is 1. The summed E-state index contributed by atoms with van der Waals surface area (Å²) in [5, 5.41) is 23.4. The maximum Gasteiger partial charge on any atom is 0.305 e. The predicted molar refractivity (Wildman–Crippen MR) is 347 cm³/mol. The van der Waals surface area contributed by atoms with E-state index in [0.717, 1.165) is 44.9 Å².